The summed E-state index contributed by atoms with van der Waals surface area (Å²) >= 11 is 0. The van der Waals surface area contributed by atoms with Crippen molar-refractivity contribution in [2.24, 2.45) is 0 Å². The van der Waals surface area contributed by atoms with E-state index < -0.39 is 41.4 Å². The Kier molecular flexibility index (Phi) is 6.69. The molecule has 0 aliphatic carbocycles. The predicted molar refractivity (Wildman–Crippen MR) is 94.3 cm³/mol. The zero-order valence-corrected chi connectivity index (χ0v) is 15.2. The second kappa shape index (κ2) is 8.98. The van der Waals surface area contributed by atoms with Gasteiger partial charge in [-0.2, -0.15) is 0 Å². The van der Waals surface area contributed by atoms with Crippen LogP contribution in [0.3, 0.4) is 0 Å². The van der Waals surface area contributed by atoms with E-state index in [-0.39, 0.29) is 17.2 Å². The Morgan fingerprint density at radius 3 is 1.96 bits per heavy atom. The Morgan fingerprint density at radius 1 is 0.857 bits per heavy atom. The molecule has 2 amide bonds. The number of carbonyl (C=O) groups is 2. The number of hydrogen-bond donors (Lipinski definition) is 2. The van der Waals surface area contributed by atoms with Crippen LogP contribution in [-0.2, 0) is 9.59 Å². The molecule has 2 aromatic rings. The summed E-state index contributed by atoms with van der Waals surface area (Å²) in [5.74, 6) is -5.45. The van der Waals surface area contributed by atoms with Crippen LogP contribution in [0.15, 0.2) is 24.3 Å². The molecular formula is C18H17F3N2O5. The van der Waals surface area contributed by atoms with Crippen LogP contribution in [0.25, 0.3) is 0 Å². The van der Waals surface area contributed by atoms with Crippen molar-refractivity contribution >= 4 is 23.2 Å². The summed E-state index contributed by atoms with van der Waals surface area (Å²) in [6.45, 7) is 0. The number of methoxy groups -OCH3 is 3. The average molecular weight is 398 g/mol. The third-order valence-electron chi connectivity index (χ3n) is 3.58. The summed E-state index contributed by atoms with van der Waals surface area (Å²) in [7, 11) is 4.21. The van der Waals surface area contributed by atoms with Crippen molar-refractivity contribution in [1.29, 1.82) is 0 Å². The molecule has 0 heterocycles. The highest BCUT2D eigenvalue weighted by Gasteiger charge is 2.18. The van der Waals surface area contributed by atoms with E-state index in [0.29, 0.717) is 11.8 Å². The van der Waals surface area contributed by atoms with E-state index in [1.165, 1.54) is 33.5 Å². The molecule has 150 valence electrons. The molecular weight excluding hydrogens is 381 g/mol. The lowest BCUT2D eigenvalue weighted by molar-refractivity contribution is -0.123. The van der Waals surface area contributed by atoms with Crippen LogP contribution in [0.1, 0.15) is 6.42 Å². The number of carbonyl (C=O) groups excluding carboxylic acids is 2. The normalized spacial score (nSPS) is 10.2. The summed E-state index contributed by atoms with van der Waals surface area (Å²) in [6, 6.07) is 4.41. The highest BCUT2D eigenvalue weighted by Crippen LogP contribution is 2.39. The third-order valence-corrected chi connectivity index (χ3v) is 3.58. The van der Waals surface area contributed by atoms with E-state index in [1.807, 2.05) is 5.32 Å². The molecule has 2 aromatic carbocycles. The quantitative estimate of drug-likeness (QED) is 0.553. The molecule has 0 fully saturated rings. The van der Waals surface area contributed by atoms with Crippen LogP contribution >= 0.6 is 0 Å². The van der Waals surface area contributed by atoms with Crippen molar-refractivity contribution in [3.05, 3.63) is 41.7 Å². The first-order valence-corrected chi connectivity index (χ1v) is 7.83. The molecule has 0 atom stereocenters. The van der Waals surface area contributed by atoms with Gasteiger partial charge >= 0.3 is 0 Å². The number of ether oxygens (including phenoxy) is 3. The number of hydrogen-bond acceptors (Lipinski definition) is 5. The standard InChI is InChI=1S/C18H17F3N2O5/c1-26-12-6-9(7-13(27-2)18(12)28-3)22-14(24)8-15(25)23-11-5-4-10(19)16(20)17(11)21/h4-7H,8H2,1-3H3,(H,22,24)(H,23,25). The molecule has 0 aliphatic rings. The fourth-order valence-electron chi connectivity index (χ4n) is 2.32. The highest BCUT2D eigenvalue weighted by atomic mass is 19.2. The van der Waals surface area contributed by atoms with Crippen molar-refractivity contribution in [1.82, 2.24) is 0 Å². The second-order valence-corrected chi connectivity index (χ2v) is 5.41. The topological polar surface area (TPSA) is 85.9 Å². The zero-order valence-electron chi connectivity index (χ0n) is 15.2. The third kappa shape index (κ3) is 4.64. The Bertz CT molecular complexity index is 880. The molecule has 0 unspecified atom stereocenters. The predicted octanol–water partition coefficient (Wildman–Crippen LogP) is 3.10. The maximum atomic E-state index is 13.6. The fraction of sp³-hybridized carbons (Fsp3) is 0.222. The van der Waals surface area contributed by atoms with Crippen molar-refractivity contribution < 1.29 is 37.0 Å². The second-order valence-electron chi connectivity index (χ2n) is 5.41. The Labute approximate surface area is 158 Å². The smallest absolute Gasteiger partial charge is 0.233 e. The van der Waals surface area contributed by atoms with Crippen LogP contribution in [0.2, 0.25) is 0 Å². The van der Waals surface area contributed by atoms with E-state index in [4.69, 9.17) is 14.2 Å². The minimum atomic E-state index is -1.72. The van der Waals surface area contributed by atoms with E-state index in [0.717, 1.165) is 6.07 Å². The van der Waals surface area contributed by atoms with Gasteiger partial charge in [0.25, 0.3) is 0 Å². The molecule has 28 heavy (non-hydrogen) atoms. The molecule has 10 heteroatoms. The van der Waals surface area contributed by atoms with E-state index in [9.17, 15) is 22.8 Å². The summed E-state index contributed by atoms with van der Waals surface area (Å²) in [5, 5.41) is 4.46. The van der Waals surface area contributed by atoms with Gasteiger partial charge in [0.1, 0.15) is 6.42 Å². The number of rotatable bonds is 7. The fourth-order valence-corrected chi connectivity index (χ4v) is 2.32. The lowest BCUT2D eigenvalue weighted by Crippen LogP contribution is -2.22. The van der Waals surface area contributed by atoms with Gasteiger partial charge in [-0.3, -0.25) is 9.59 Å². The molecule has 0 saturated carbocycles. The molecule has 7 nitrogen and oxygen atoms in total. The van der Waals surface area contributed by atoms with Crippen LogP contribution in [0.5, 0.6) is 17.2 Å². The van der Waals surface area contributed by atoms with Gasteiger partial charge < -0.3 is 24.8 Å². The van der Waals surface area contributed by atoms with Gasteiger partial charge in [-0.25, -0.2) is 13.2 Å². The lowest BCUT2D eigenvalue weighted by Gasteiger charge is -2.14. The molecule has 0 spiro atoms. The van der Waals surface area contributed by atoms with Crippen molar-refractivity contribution in [2.75, 3.05) is 32.0 Å². The number of benzene rings is 2. The van der Waals surface area contributed by atoms with Crippen LogP contribution in [0, 0.1) is 17.5 Å². The van der Waals surface area contributed by atoms with Gasteiger partial charge in [0.2, 0.25) is 17.6 Å². The summed E-state index contributed by atoms with van der Waals surface area (Å²) in [4.78, 5) is 23.9. The molecule has 0 saturated heterocycles. The summed E-state index contributed by atoms with van der Waals surface area (Å²) < 4.78 is 55.1. The Morgan fingerprint density at radius 2 is 1.43 bits per heavy atom. The van der Waals surface area contributed by atoms with Gasteiger partial charge in [-0.15, -0.1) is 0 Å². The molecule has 0 bridgehead atoms. The maximum absolute atomic E-state index is 13.6. The first-order valence-electron chi connectivity index (χ1n) is 7.83. The minimum Gasteiger partial charge on any atom is -0.493 e. The van der Waals surface area contributed by atoms with E-state index in [2.05, 4.69) is 5.32 Å². The van der Waals surface area contributed by atoms with Gasteiger partial charge in [0.15, 0.2) is 29.0 Å². The lowest BCUT2D eigenvalue weighted by atomic mass is 10.2. The Hall–Kier alpha value is -3.43. The summed E-state index contributed by atoms with van der Waals surface area (Å²) in [5.41, 5.74) is -0.323. The van der Waals surface area contributed by atoms with Crippen molar-refractivity contribution in [3.63, 3.8) is 0 Å². The monoisotopic (exact) mass is 398 g/mol. The van der Waals surface area contributed by atoms with Gasteiger partial charge in [0.05, 0.1) is 27.0 Å². The maximum Gasteiger partial charge on any atom is 0.233 e. The number of anilines is 2. The number of halogens is 3. The molecule has 0 aliphatic heterocycles. The SMILES string of the molecule is COc1cc(NC(=O)CC(=O)Nc2ccc(F)c(F)c2F)cc(OC)c1OC. The first kappa shape index (κ1) is 20.9. The van der Waals surface area contributed by atoms with Crippen molar-refractivity contribution in [3.8, 4) is 17.2 Å². The van der Waals surface area contributed by atoms with Crippen molar-refractivity contribution in [2.45, 2.75) is 6.42 Å². The van der Waals surface area contributed by atoms with Crippen LogP contribution in [-0.4, -0.2) is 33.1 Å². The van der Waals surface area contributed by atoms with Crippen LogP contribution in [0.4, 0.5) is 24.5 Å². The van der Waals surface area contributed by atoms with E-state index >= 15 is 0 Å². The molecule has 0 radical (unpaired) electrons. The minimum absolute atomic E-state index is 0.256. The summed E-state index contributed by atoms with van der Waals surface area (Å²) in [6.07, 6.45) is -0.699. The molecule has 2 rings (SSSR count). The van der Waals surface area contributed by atoms with Gasteiger partial charge in [-0.1, -0.05) is 0 Å². The van der Waals surface area contributed by atoms with Crippen LogP contribution < -0.4 is 24.8 Å². The first-order chi connectivity index (χ1) is 13.3. The highest BCUT2D eigenvalue weighted by molar-refractivity contribution is 6.08. The van der Waals surface area contributed by atoms with E-state index in [1.54, 1.807) is 0 Å². The number of amides is 2. The zero-order chi connectivity index (χ0) is 20.8. The number of nitrogens with one attached hydrogen (secondary N) is 2. The van der Waals surface area contributed by atoms with Gasteiger partial charge in [-0.05, 0) is 12.1 Å². The average Bonchev–Trinajstić information content (AvgIpc) is 2.67. The molecule has 0 aromatic heterocycles. The molecule has 2 N–H and O–H groups in total. The van der Waals surface area contributed by atoms with Gasteiger partial charge in [0, 0.05) is 17.8 Å². The largest absolute Gasteiger partial charge is 0.493 e. The Balaban J connectivity index is 2.08.